The molecule has 0 aromatic heterocycles. The Bertz CT molecular complexity index is 1340. The molecular weight excluding hydrogens is 468 g/mol. The number of nitrogens with zero attached hydrogens (tertiary/aromatic N) is 1. The van der Waals surface area contributed by atoms with Crippen LogP contribution in [0.15, 0.2) is 72.8 Å². The second-order valence-electron chi connectivity index (χ2n) is 8.04. The fourth-order valence-electron chi connectivity index (χ4n) is 3.97. The normalized spacial score (nSPS) is 13.6. The van der Waals surface area contributed by atoms with Gasteiger partial charge in [0.15, 0.2) is 0 Å². The summed E-state index contributed by atoms with van der Waals surface area (Å²) in [4.78, 5) is 26.3. The first-order valence-corrected chi connectivity index (χ1v) is 13.0. The number of hydrogen-bond donors (Lipinski definition) is 1. The molecule has 1 N–H and O–H groups in total. The molecule has 0 radical (unpaired) electrons. The Kier molecular flexibility index (Phi) is 7.07. The number of carbonyl (C=O) groups is 2. The molecule has 9 heteroatoms. The molecule has 0 aliphatic carbocycles. The summed E-state index contributed by atoms with van der Waals surface area (Å²) in [5.41, 5.74) is 2.50. The number of anilines is 2. The lowest BCUT2D eigenvalue weighted by atomic mass is 10.1. The summed E-state index contributed by atoms with van der Waals surface area (Å²) >= 11 is 0. The van der Waals surface area contributed by atoms with Crippen molar-refractivity contribution in [3.63, 3.8) is 0 Å². The highest BCUT2D eigenvalue weighted by Gasteiger charge is 2.29. The van der Waals surface area contributed by atoms with Gasteiger partial charge >= 0.3 is 5.97 Å². The van der Waals surface area contributed by atoms with Crippen molar-refractivity contribution in [2.24, 2.45) is 0 Å². The first-order chi connectivity index (χ1) is 16.8. The Morgan fingerprint density at radius 1 is 1.03 bits per heavy atom. The van der Waals surface area contributed by atoms with Crippen molar-refractivity contribution in [1.82, 2.24) is 0 Å². The number of sulfonamides is 1. The van der Waals surface area contributed by atoms with Crippen LogP contribution < -0.4 is 14.4 Å². The third-order valence-corrected chi connectivity index (χ3v) is 6.76. The standard InChI is InChI=1S/C26H26N2O6S/c1-3-33-23-12-8-7-11-21(23)27-25(29)24(18-9-5-4-6-10-18)34-26(30)20-13-14-22-19(17-20)15-16-28(22)35(2,31)32/h4-14,17,24H,3,15-16H2,1-2H3,(H,27,29). The van der Waals surface area contributed by atoms with Gasteiger partial charge in [-0.05, 0) is 49.2 Å². The molecule has 0 spiro atoms. The highest BCUT2D eigenvalue weighted by atomic mass is 32.2. The number of hydrogen-bond acceptors (Lipinski definition) is 6. The molecule has 1 unspecified atom stereocenters. The van der Waals surface area contributed by atoms with Gasteiger partial charge in [-0.25, -0.2) is 13.2 Å². The molecule has 0 bridgehead atoms. The van der Waals surface area contributed by atoms with E-state index in [0.29, 0.717) is 42.3 Å². The molecule has 8 nitrogen and oxygen atoms in total. The van der Waals surface area contributed by atoms with E-state index >= 15 is 0 Å². The maximum Gasteiger partial charge on any atom is 0.339 e. The van der Waals surface area contributed by atoms with Gasteiger partial charge in [0.05, 0.1) is 29.8 Å². The lowest BCUT2D eigenvalue weighted by molar-refractivity contribution is -0.125. The van der Waals surface area contributed by atoms with Gasteiger partial charge in [0.25, 0.3) is 5.91 Å². The van der Waals surface area contributed by atoms with Crippen molar-refractivity contribution < 1.29 is 27.5 Å². The number of rotatable bonds is 8. The van der Waals surface area contributed by atoms with Gasteiger partial charge in [-0.2, -0.15) is 0 Å². The second-order valence-corrected chi connectivity index (χ2v) is 9.95. The SMILES string of the molecule is CCOc1ccccc1NC(=O)C(OC(=O)c1ccc2c(c1)CCN2S(C)(=O)=O)c1ccccc1. The Morgan fingerprint density at radius 3 is 2.46 bits per heavy atom. The average molecular weight is 495 g/mol. The molecule has 1 aliphatic heterocycles. The molecule has 4 rings (SSSR count). The highest BCUT2D eigenvalue weighted by molar-refractivity contribution is 7.92. The van der Waals surface area contributed by atoms with E-state index in [4.69, 9.17) is 9.47 Å². The number of carbonyl (C=O) groups excluding carboxylic acids is 2. The first kappa shape index (κ1) is 24.3. The number of esters is 1. The fourth-order valence-corrected chi connectivity index (χ4v) is 4.93. The van der Waals surface area contributed by atoms with Crippen LogP contribution in [0.5, 0.6) is 5.75 Å². The van der Waals surface area contributed by atoms with Gasteiger partial charge in [0.2, 0.25) is 16.1 Å². The molecule has 35 heavy (non-hydrogen) atoms. The summed E-state index contributed by atoms with van der Waals surface area (Å²) in [7, 11) is -3.40. The Labute approximate surface area is 204 Å². The van der Waals surface area contributed by atoms with Crippen LogP contribution in [0.4, 0.5) is 11.4 Å². The molecular formula is C26H26N2O6S. The van der Waals surface area contributed by atoms with Crippen molar-refractivity contribution in [1.29, 1.82) is 0 Å². The maximum absolute atomic E-state index is 13.3. The molecule has 1 atom stereocenters. The molecule has 1 aliphatic rings. The number of fused-ring (bicyclic) bond motifs is 1. The van der Waals surface area contributed by atoms with Gasteiger partial charge in [0.1, 0.15) is 5.75 Å². The van der Waals surface area contributed by atoms with Gasteiger partial charge < -0.3 is 14.8 Å². The van der Waals surface area contributed by atoms with Crippen LogP contribution >= 0.6 is 0 Å². The lowest BCUT2D eigenvalue weighted by Crippen LogP contribution is -2.27. The van der Waals surface area contributed by atoms with Gasteiger partial charge in [-0.3, -0.25) is 9.10 Å². The van der Waals surface area contributed by atoms with Crippen molar-refractivity contribution >= 4 is 33.3 Å². The van der Waals surface area contributed by atoms with Gasteiger partial charge in [-0.15, -0.1) is 0 Å². The van der Waals surface area contributed by atoms with E-state index in [1.54, 1.807) is 66.7 Å². The van der Waals surface area contributed by atoms with Crippen molar-refractivity contribution in [3.05, 3.63) is 89.5 Å². The van der Waals surface area contributed by atoms with Crippen LogP contribution in [0.1, 0.15) is 34.5 Å². The van der Waals surface area contributed by atoms with Crippen LogP contribution in [-0.4, -0.2) is 39.7 Å². The van der Waals surface area contributed by atoms with Crippen LogP contribution in [0.3, 0.4) is 0 Å². The number of amides is 1. The van der Waals surface area contributed by atoms with E-state index in [1.165, 1.54) is 10.4 Å². The third-order valence-electron chi connectivity index (χ3n) is 5.58. The molecule has 3 aromatic rings. The minimum absolute atomic E-state index is 0.238. The monoisotopic (exact) mass is 494 g/mol. The van der Waals surface area contributed by atoms with Crippen molar-refractivity contribution in [2.45, 2.75) is 19.4 Å². The third kappa shape index (κ3) is 5.46. The Balaban J connectivity index is 1.58. The fraction of sp³-hybridized carbons (Fsp3) is 0.231. The molecule has 0 fully saturated rings. The van der Waals surface area contributed by atoms with E-state index in [9.17, 15) is 18.0 Å². The minimum Gasteiger partial charge on any atom is -0.492 e. The van der Waals surface area contributed by atoms with Crippen LogP contribution in [-0.2, 0) is 26.0 Å². The Hall–Kier alpha value is -3.85. The zero-order valence-electron chi connectivity index (χ0n) is 19.4. The average Bonchev–Trinajstić information content (AvgIpc) is 3.28. The summed E-state index contributed by atoms with van der Waals surface area (Å²) in [6.45, 7) is 2.60. The number of nitrogens with one attached hydrogen (secondary N) is 1. The topological polar surface area (TPSA) is 102 Å². The molecule has 0 saturated carbocycles. The Morgan fingerprint density at radius 2 is 1.74 bits per heavy atom. The van der Waals surface area contributed by atoms with E-state index < -0.39 is 28.0 Å². The number of ether oxygens (including phenoxy) is 2. The van der Waals surface area contributed by atoms with Crippen molar-refractivity contribution in [2.75, 3.05) is 29.0 Å². The van der Waals surface area contributed by atoms with E-state index in [-0.39, 0.29) is 5.56 Å². The van der Waals surface area contributed by atoms with Crippen molar-refractivity contribution in [3.8, 4) is 5.75 Å². The predicted molar refractivity (Wildman–Crippen MR) is 133 cm³/mol. The zero-order valence-corrected chi connectivity index (χ0v) is 20.2. The number of para-hydroxylation sites is 2. The van der Waals surface area contributed by atoms with Crippen LogP contribution in [0.2, 0.25) is 0 Å². The molecule has 1 heterocycles. The lowest BCUT2D eigenvalue weighted by Gasteiger charge is -2.20. The summed E-state index contributed by atoms with van der Waals surface area (Å²) in [6, 6.07) is 20.5. The van der Waals surface area contributed by atoms with E-state index in [2.05, 4.69) is 5.32 Å². The van der Waals surface area contributed by atoms with Gasteiger partial charge in [0, 0.05) is 12.1 Å². The quantitative estimate of drug-likeness (QED) is 0.476. The highest BCUT2D eigenvalue weighted by Crippen LogP contribution is 2.32. The minimum atomic E-state index is -3.40. The van der Waals surface area contributed by atoms with Gasteiger partial charge in [-0.1, -0.05) is 42.5 Å². The molecule has 3 aromatic carbocycles. The predicted octanol–water partition coefficient (Wildman–Crippen LogP) is 3.94. The van der Waals surface area contributed by atoms with E-state index in [1.807, 2.05) is 6.92 Å². The maximum atomic E-state index is 13.3. The largest absolute Gasteiger partial charge is 0.492 e. The summed E-state index contributed by atoms with van der Waals surface area (Å²) < 4.78 is 36.6. The number of benzene rings is 3. The van der Waals surface area contributed by atoms with Crippen LogP contribution in [0.25, 0.3) is 0 Å². The molecule has 182 valence electrons. The smallest absolute Gasteiger partial charge is 0.339 e. The summed E-state index contributed by atoms with van der Waals surface area (Å²) in [6.07, 6.45) is 0.427. The zero-order chi connectivity index (χ0) is 25.0. The molecule has 0 saturated heterocycles. The first-order valence-electron chi connectivity index (χ1n) is 11.2. The summed E-state index contributed by atoms with van der Waals surface area (Å²) in [5, 5.41) is 2.80. The summed E-state index contributed by atoms with van der Waals surface area (Å²) in [5.74, 6) is -0.704. The van der Waals surface area contributed by atoms with Crippen LogP contribution in [0, 0.1) is 0 Å². The molecule has 1 amide bonds. The van der Waals surface area contributed by atoms with E-state index in [0.717, 1.165) is 11.8 Å². The second kappa shape index (κ2) is 10.2.